The van der Waals surface area contributed by atoms with Crippen molar-refractivity contribution < 1.29 is 0 Å². The standard InChI is InChI=1S/C12H12Br2N2S/c1-2-15-11(12-16-5-6-17-12)8-3-4-9(13)10(14)7-8/h3-7,11,15H,2H2,1H3. The first-order valence-electron chi connectivity index (χ1n) is 5.30. The highest BCUT2D eigenvalue weighted by molar-refractivity contribution is 9.13. The van der Waals surface area contributed by atoms with E-state index in [1.807, 2.05) is 11.6 Å². The minimum atomic E-state index is 0.171. The van der Waals surface area contributed by atoms with Gasteiger partial charge in [-0.05, 0) is 56.1 Å². The fourth-order valence-corrected chi connectivity index (χ4v) is 3.00. The lowest BCUT2D eigenvalue weighted by Crippen LogP contribution is -2.21. The number of thiazole rings is 1. The van der Waals surface area contributed by atoms with Crippen molar-refractivity contribution in [3.05, 3.63) is 49.3 Å². The zero-order valence-corrected chi connectivity index (χ0v) is 13.3. The topological polar surface area (TPSA) is 24.9 Å². The smallest absolute Gasteiger partial charge is 0.114 e. The molecule has 2 aromatic rings. The molecule has 0 spiro atoms. The summed E-state index contributed by atoms with van der Waals surface area (Å²) in [6.45, 7) is 3.02. The van der Waals surface area contributed by atoms with Crippen LogP contribution in [-0.2, 0) is 0 Å². The summed E-state index contributed by atoms with van der Waals surface area (Å²) in [6, 6.07) is 6.46. The highest BCUT2D eigenvalue weighted by Crippen LogP contribution is 2.30. The molecular weight excluding hydrogens is 364 g/mol. The Morgan fingerprint density at radius 1 is 1.35 bits per heavy atom. The van der Waals surface area contributed by atoms with Crippen LogP contribution in [0.3, 0.4) is 0 Å². The van der Waals surface area contributed by atoms with Gasteiger partial charge in [-0.25, -0.2) is 4.98 Å². The zero-order valence-electron chi connectivity index (χ0n) is 9.28. The summed E-state index contributed by atoms with van der Waals surface area (Å²) in [7, 11) is 0. The normalized spacial score (nSPS) is 12.6. The molecule has 0 aliphatic heterocycles. The van der Waals surface area contributed by atoms with E-state index in [-0.39, 0.29) is 6.04 Å². The predicted molar refractivity (Wildman–Crippen MR) is 79.5 cm³/mol. The highest BCUT2D eigenvalue weighted by Gasteiger charge is 2.16. The van der Waals surface area contributed by atoms with Crippen LogP contribution in [0, 0.1) is 0 Å². The summed E-state index contributed by atoms with van der Waals surface area (Å²) in [5.74, 6) is 0. The third-order valence-electron chi connectivity index (χ3n) is 2.38. The molecule has 2 rings (SSSR count). The molecule has 0 aliphatic rings. The van der Waals surface area contributed by atoms with E-state index in [0.717, 1.165) is 20.5 Å². The van der Waals surface area contributed by atoms with Crippen LogP contribution in [0.4, 0.5) is 0 Å². The van der Waals surface area contributed by atoms with Gasteiger partial charge in [0, 0.05) is 20.5 Å². The van der Waals surface area contributed by atoms with Crippen LogP contribution in [-0.4, -0.2) is 11.5 Å². The molecular formula is C12H12Br2N2S. The van der Waals surface area contributed by atoms with Crippen molar-refractivity contribution in [2.45, 2.75) is 13.0 Å². The third kappa shape index (κ3) is 3.16. The number of rotatable bonds is 4. The lowest BCUT2D eigenvalue weighted by atomic mass is 10.1. The molecule has 1 aromatic heterocycles. The van der Waals surface area contributed by atoms with Crippen molar-refractivity contribution in [3.63, 3.8) is 0 Å². The van der Waals surface area contributed by atoms with E-state index in [2.05, 4.69) is 67.3 Å². The second-order valence-electron chi connectivity index (χ2n) is 3.53. The fourth-order valence-electron chi connectivity index (χ4n) is 1.62. The fraction of sp³-hybridized carbons (Fsp3) is 0.250. The quantitative estimate of drug-likeness (QED) is 0.858. The summed E-state index contributed by atoms with van der Waals surface area (Å²) < 4.78 is 2.13. The van der Waals surface area contributed by atoms with Gasteiger partial charge in [-0.3, -0.25) is 0 Å². The Kier molecular flexibility index (Phi) is 4.73. The van der Waals surface area contributed by atoms with E-state index >= 15 is 0 Å². The SMILES string of the molecule is CCNC(c1ccc(Br)c(Br)c1)c1nccs1. The van der Waals surface area contributed by atoms with Crippen LogP contribution in [0.1, 0.15) is 23.5 Å². The first-order chi connectivity index (χ1) is 8.22. The summed E-state index contributed by atoms with van der Waals surface area (Å²) in [4.78, 5) is 4.39. The Labute approximate surface area is 122 Å². The summed E-state index contributed by atoms with van der Waals surface area (Å²) in [6.07, 6.45) is 1.85. The van der Waals surface area contributed by atoms with Gasteiger partial charge in [-0.15, -0.1) is 11.3 Å². The van der Waals surface area contributed by atoms with Crippen LogP contribution < -0.4 is 5.32 Å². The van der Waals surface area contributed by atoms with E-state index in [9.17, 15) is 0 Å². The molecule has 5 heteroatoms. The molecule has 1 N–H and O–H groups in total. The molecule has 17 heavy (non-hydrogen) atoms. The van der Waals surface area contributed by atoms with Gasteiger partial charge in [-0.1, -0.05) is 13.0 Å². The Balaban J connectivity index is 2.35. The maximum absolute atomic E-state index is 4.39. The van der Waals surface area contributed by atoms with Gasteiger partial charge in [0.2, 0.25) is 0 Å². The van der Waals surface area contributed by atoms with Crippen molar-refractivity contribution in [1.29, 1.82) is 0 Å². The summed E-state index contributed by atoms with van der Waals surface area (Å²) >= 11 is 8.70. The molecule has 2 nitrogen and oxygen atoms in total. The van der Waals surface area contributed by atoms with Crippen molar-refractivity contribution in [1.82, 2.24) is 10.3 Å². The second-order valence-corrected chi connectivity index (χ2v) is 6.17. The minimum Gasteiger partial charge on any atom is -0.305 e. The molecule has 1 aromatic carbocycles. The molecule has 90 valence electrons. The average molecular weight is 376 g/mol. The highest BCUT2D eigenvalue weighted by atomic mass is 79.9. The van der Waals surface area contributed by atoms with Crippen molar-refractivity contribution >= 4 is 43.2 Å². The molecule has 0 saturated heterocycles. The van der Waals surface area contributed by atoms with E-state index < -0.39 is 0 Å². The van der Waals surface area contributed by atoms with Crippen LogP contribution in [0.25, 0.3) is 0 Å². The second kappa shape index (κ2) is 6.09. The molecule has 0 saturated carbocycles. The number of hydrogen-bond donors (Lipinski definition) is 1. The lowest BCUT2D eigenvalue weighted by molar-refractivity contribution is 0.627. The van der Waals surface area contributed by atoms with Crippen molar-refractivity contribution in [2.75, 3.05) is 6.54 Å². The molecule has 0 bridgehead atoms. The number of benzene rings is 1. The van der Waals surface area contributed by atoms with Gasteiger partial charge in [0.15, 0.2) is 0 Å². The molecule has 0 aliphatic carbocycles. The summed E-state index contributed by atoms with van der Waals surface area (Å²) in [5, 5.41) is 6.57. The van der Waals surface area contributed by atoms with Gasteiger partial charge in [0.05, 0.1) is 6.04 Å². The Hall–Kier alpha value is -0.230. The number of nitrogens with one attached hydrogen (secondary N) is 1. The Morgan fingerprint density at radius 2 is 2.18 bits per heavy atom. The van der Waals surface area contributed by atoms with Gasteiger partial charge in [0.1, 0.15) is 5.01 Å². The van der Waals surface area contributed by atoms with Gasteiger partial charge in [0.25, 0.3) is 0 Å². The van der Waals surface area contributed by atoms with Crippen molar-refractivity contribution in [3.8, 4) is 0 Å². The number of halogens is 2. The molecule has 0 amide bonds. The zero-order chi connectivity index (χ0) is 12.3. The monoisotopic (exact) mass is 374 g/mol. The van der Waals surface area contributed by atoms with Crippen LogP contribution in [0.2, 0.25) is 0 Å². The van der Waals surface area contributed by atoms with Crippen molar-refractivity contribution in [2.24, 2.45) is 0 Å². The largest absolute Gasteiger partial charge is 0.305 e. The maximum atomic E-state index is 4.39. The van der Waals surface area contributed by atoms with Gasteiger partial charge in [-0.2, -0.15) is 0 Å². The Bertz CT molecular complexity index is 485. The van der Waals surface area contributed by atoms with E-state index in [1.165, 1.54) is 5.56 Å². The van der Waals surface area contributed by atoms with E-state index in [4.69, 9.17) is 0 Å². The molecule has 1 unspecified atom stereocenters. The van der Waals surface area contributed by atoms with Gasteiger partial charge >= 0.3 is 0 Å². The molecule has 0 radical (unpaired) electrons. The lowest BCUT2D eigenvalue weighted by Gasteiger charge is -2.16. The van der Waals surface area contributed by atoms with Crippen LogP contribution in [0.15, 0.2) is 38.7 Å². The minimum absolute atomic E-state index is 0.171. The summed E-state index contributed by atoms with van der Waals surface area (Å²) in [5.41, 5.74) is 1.22. The average Bonchev–Trinajstić information content (AvgIpc) is 2.83. The molecule has 1 atom stereocenters. The van der Waals surface area contributed by atoms with Crippen LogP contribution >= 0.6 is 43.2 Å². The first kappa shape index (κ1) is 13.2. The maximum Gasteiger partial charge on any atom is 0.114 e. The predicted octanol–water partition coefficient (Wildman–Crippen LogP) is 4.37. The number of aromatic nitrogens is 1. The Morgan fingerprint density at radius 3 is 2.76 bits per heavy atom. The van der Waals surface area contributed by atoms with Crippen LogP contribution in [0.5, 0.6) is 0 Å². The number of hydrogen-bond acceptors (Lipinski definition) is 3. The van der Waals surface area contributed by atoms with E-state index in [0.29, 0.717) is 0 Å². The molecule has 0 fully saturated rings. The van der Waals surface area contributed by atoms with E-state index in [1.54, 1.807) is 11.3 Å². The van der Waals surface area contributed by atoms with Gasteiger partial charge < -0.3 is 5.32 Å². The first-order valence-corrected chi connectivity index (χ1v) is 7.76. The molecule has 1 heterocycles. The number of nitrogens with zero attached hydrogens (tertiary/aromatic N) is 1. The third-order valence-corrected chi connectivity index (χ3v) is 5.10.